The van der Waals surface area contributed by atoms with Crippen molar-refractivity contribution in [2.75, 3.05) is 0 Å². The first kappa shape index (κ1) is 11.8. The van der Waals surface area contributed by atoms with Crippen molar-refractivity contribution in [2.45, 2.75) is 6.92 Å². The van der Waals surface area contributed by atoms with E-state index >= 15 is 0 Å². The van der Waals surface area contributed by atoms with Crippen molar-refractivity contribution in [3.05, 3.63) is 11.6 Å². The highest BCUT2D eigenvalue weighted by atomic mass is 31.2. The summed E-state index contributed by atoms with van der Waals surface area (Å²) < 4.78 is 13.6. The lowest BCUT2D eigenvalue weighted by molar-refractivity contribution is -0.134. The molecule has 0 bridgehead atoms. The Morgan fingerprint density at radius 1 is 1.38 bits per heavy atom. The topological polar surface area (TPSA) is 121 Å². The molecule has 0 aliphatic carbocycles. The predicted octanol–water partition coefficient (Wildman–Crippen LogP) is -0.347. The van der Waals surface area contributed by atoms with Crippen molar-refractivity contribution < 1.29 is 33.6 Å². The molecule has 0 saturated heterocycles. The molecule has 0 amide bonds. The first-order valence-electron chi connectivity index (χ1n) is 2.93. The van der Waals surface area contributed by atoms with Crippen LogP contribution in [-0.2, 0) is 18.7 Å². The van der Waals surface area contributed by atoms with Crippen LogP contribution in [0.1, 0.15) is 6.92 Å². The SMILES string of the molecule is C/C(=C/C(=O)OP(=O)(O)O)C(=O)O. The van der Waals surface area contributed by atoms with E-state index in [1.807, 2.05) is 0 Å². The lowest BCUT2D eigenvalue weighted by atomic mass is 10.3. The first-order valence-corrected chi connectivity index (χ1v) is 4.46. The molecule has 0 unspecified atom stereocenters. The molecule has 0 rings (SSSR count). The summed E-state index contributed by atoms with van der Waals surface area (Å²) in [4.78, 5) is 36.9. The van der Waals surface area contributed by atoms with Gasteiger partial charge < -0.3 is 9.63 Å². The second-order valence-electron chi connectivity index (χ2n) is 2.03. The summed E-state index contributed by atoms with van der Waals surface area (Å²) in [7, 11) is -4.90. The van der Waals surface area contributed by atoms with E-state index in [1.165, 1.54) is 0 Å². The number of carboxylic acid groups (broad SMARTS) is 1. The number of hydrogen-bond donors (Lipinski definition) is 3. The summed E-state index contributed by atoms with van der Waals surface area (Å²) in [5, 5.41) is 8.26. The number of phosphoric acid groups is 1. The first-order chi connectivity index (χ1) is 5.72. The minimum Gasteiger partial charge on any atom is -0.478 e. The standard InChI is InChI=1S/C5H7O7P/c1-3(5(7)8)2-4(6)12-13(9,10)11/h2H,1H3,(H,7,8)(H2,9,10,11)/b3-2-. The van der Waals surface area contributed by atoms with Crippen molar-refractivity contribution >= 4 is 19.8 Å². The molecular formula is C5H7O7P. The zero-order valence-electron chi connectivity index (χ0n) is 6.50. The van der Waals surface area contributed by atoms with Crippen LogP contribution in [-0.4, -0.2) is 26.8 Å². The maximum atomic E-state index is 10.5. The highest BCUT2D eigenvalue weighted by Gasteiger charge is 2.19. The second kappa shape index (κ2) is 4.18. The molecule has 0 aromatic rings. The molecule has 0 heterocycles. The molecule has 0 aliphatic rings. The van der Waals surface area contributed by atoms with E-state index in [2.05, 4.69) is 4.52 Å². The van der Waals surface area contributed by atoms with E-state index < -0.39 is 19.8 Å². The molecular weight excluding hydrogens is 203 g/mol. The highest BCUT2D eigenvalue weighted by molar-refractivity contribution is 7.46. The normalized spacial score (nSPS) is 12.4. The monoisotopic (exact) mass is 210 g/mol. The van der Waals surface area contributed by atoms with Gasteiger partial charge in [0.25, 0.3) is 0 Å². The van der Waals surface area contributed by atoms with Crippen molar-refractivity contribution in [3.63, 3.8) is 0 Å². The zero-order chi connectivity index (χ0) is 10.6. The molecule has 7 nitrogen and oxygen atoms in total. The van der Waals surface area contributed by atoms with Gasteiger partial charge in [0, 0.05) is 11.6 Å². The third kappa shape index (κ3) is 6.03. The molecule has 13 heavy (non-hydrogen) atoms. The molecule has 3 N–H and O–H groups in total. The van der Waals surface area contributed by atoms with Gasteiger partial charge in [-0.2, -0.15) is 0 Å². The van der Waals surface area contributed by atoms with E-state index in [1.54, 1.807) is 0 Å². The summed E-state index contributed by atoms with van der Waals surface area (Å²) in [6.07, 6.45) is 0.474. The van der Waals surface area contributed by atoms with Crippen LogP contribution in [0.3, 0.4) is 0 Å². The average molecular weight is 210 g/mol. The molecule has 74 valence electrons. The van der Waals surface area contributed by atoms with Crippen molar-refractivity contribution in [1.29, 1.82) is 0 Å². The van der Waals surface area contributed by atoms with Crippen LogP contribution >= 0.6 is 7.82 Å². The van der Waals surface area contributed by atoms with Crippen LogP contribution in [0, 0.1) is 0 Å². The number of phosphoric ester groups is 1. The van der Waals surface area contributed by atoms with E-state index in [4.69, 9.17) is 14.9 Å². The van der Waals surface area contributed by atoms with Gasteiger partial charge in [-0.1, -0.05) is 0 Å². The molecule has 0 aromatic heterocycles. The Balaban J connectivity index is 4.41. The van der Waals surface area contributed by atoms with E-state index in [0.717, 1.165) is 6.92 Å². The van der Waals surface area contributed by atoms with Crippen LogP contribution in [0.15, 0.2) is 11.6 Å². The van der Waals surface area contributed by atoms with Crippen LogP contribution in [0.5, 0.6) is 0 Å². The highest BCUT2D eigenvalue weighted by Crippen LogP contribution is 2.35. The summed E-state index contributed by atoms with van der Waals surface area (Å²) in [5.74, 6) is -2.77. The van der Waals surface area contributed by atoms with Crippen LogP contribution in [0.25, 0.3) is 0 Å². The molecule has 0 saturated carbocycles. The number of rotatable bonds is 3. The Bertz CT molecular complexity index is 298. The third-order valence-corrected chi connectivity index (χ3v) is 1.30. The lowest BCUT2D eigenvalue weighted by Gasteiger charge is -2.01. The number of aliphatic carboxylic acids is 1. The van der Waals surface area contributed by atoms with Crippen LogP contribution < -0.4 is 0 Å². The zero-order valence-corrected chi connectivity index (χ0v) is 7.39. The van der Waals surface area contributed by atoms with Gasteiger partial charge in [-0.3, -0.25) is 9.79 Å². The summed E-state index contributed by atoms with van der Waals surface area (Å²) >= 11 is 0. The fourth-order valence-electron chi connectivity index (χ4n) is 0.382. The van der Waals surface area contributed by atoms with Gasteiger partial charge in [0.1, 0.15) is 0 Å². The van der Waals surface area contributed by atoms with Gasteiger partial charge in [0.05, 0.1) is 0 Å². The molecule has 0 fully saturated rings. The smallest absolute Gasteiger partial charge is 0.478 e. The number of hydrogen-bond acceptors (Lipinski definition) is 4. The number of carbonyl (C=O) groups is 2. The van der Waals surface area contributed by atoms with Gasteiger partial charge in [-0.15, -0.1) is 0 Å². The van der Waals surface area contributed by atoms with Crippen molar-refractivity contribution in [1.82, 2.24) is 0 Å². The van der Waals surface area contributed by atoms with Gasteiger partial charge in [0.15, 0.2) is 0 Å². The molecule has 8 heteroatoms. The molecule has 0 spiro atoms. The Labute approximate surface area is 72.9 Å². The predicted molar refractivity (Wildman–Crippen MR) is 39.5 cm³/mol. The number of carboxylic acids is 1. The minimum absolute atomic E-state index is 0.376. The molecule has 0 radical (unpaired) electrons. The van der Waals surface area contributed by atoms with Crippen molar-refractivity contribution in [2.24, 2.45) is 0 Å². The van der Waals surface area contributed by atoms with Gasteiger partial charge in [-0.05, 0) is 6.92 Å². The van der Waals surface area contributed by atoms with Crippen molar-refractivity contribution in [3.8, 4) is 0 Å². The Hall–Kier alpha value is -1.17. The lowest BCUT2D eigenvalue weighted by Crippen LogP contribution is -2.03. The molecule has 0 aromatic carbocycles. The fraction of sp³-hybridized carbons (Fsp3) is 0.200. The minimum atomic E-state index is -4.90. The maximum absolute atomic E-state index is 10.5. The Morgan fingerprint density at radius 2 is 1.85 bits per heavy atom. The van der Waals surface area contributed by atoms with Crippen LogP contribution in [0.2, 0.25) is 0 Å². The van der Waals surface area contributed by atoms with Crippen LogP contribution in [0.4, 0.5) is 0 Å². The molecule has 0 aliphatic heterocycles. The van der Waals surface area contributed by atoms with Gasteiger partial charge in [-0.25, -0.2) is 14.2 Å². The van der Waals surface area contributed by atoms with E-state index in [0.29, 0.717) is 6.08 Å². The fourth-order valence-corrected chi connectivity index (χ4v) is 0.669. The Kier molecular flexibility index (Phi) is 3.80. The van der Waals surface area contributed by atoms with E-state index in [9.17, 15) is 14.2 Å². The summed E-state index contributed by atoms with van der Waals surface area (Å²) in [5.41, 5.74) is -0.376. The van der Waals surface area contributed by atoms with Gasteiger partial charge >= 0.3 is 19.8 Å². The average Bonchev–Trinajstić information content (AvgIpc) is 1.81. The Morgan fingerprint density at radius 3 is 2.15 bits per heavy atom. The number of carbonyl (C=O) groups excluding carboxylic acids is 1. The largest absolute Gasteiger partial charge is 0.527 e. The second-order valence-corrected chi connectivity index (χ2v) is 3.20. The maximum Gasteiger partial charge on any atom is 0.527 e. The quantitative estimate of drug-likeness (QED) is 0.430. The van der Waals surface area contributed by atoms with Gasteiger partial charge in [0.2, 0.25) is 0 Å². The van der Waals surface area contributed by atoms with E-state index in [-0.39, 0.29) is 5.57 Å². The summed E-state index contributed by atoms with van der Waals surface area (Å²) in [6, 6.07) is 0. The molecule has 0 atom stereocenters. The summed E-state index contributed by atoms with van der Waals surface area (Å²) in [6.45, 7) is 1.09. The third-order valence-electron chi connectivity index (χ3n) is 0.881.